The zero-order valence-electron chi connectivity index (χ0n) is 11.9. The summed E-state index contributed by atoms with van der Waals surface area (Å²) in [6.45, 7) is 5.30. The van der Waals surface area contributed by atoms with Crippen LogP contribution in [0.2, 0.25) is 5.02 Å². The number of hydrogen-bond donors (Lipinski definition) is 0. The maximum Gasteiger partial charge on any atom is 0.318 e. The molecule has 1 aromatic heterocycles. The molecule has 1 aromatic rings. The molecule has 0 amide bonds. The Bertz CT molecular complexity index is 512. The van der Waals surface area contributed by atoms with Crippen molar-refractivity contribution in [3.8, 4) is 6.01 Å². The van der Waals surface area contributed by atoms with Gasteiger partial charge in [-0.2, -0.15) is 4.98 Å². The lowest BCUT2D eigenvalue weighted by molar-refractivity contribution is -0.153. The first-order chi connectivity index (χ1) is 9.50. The quantitative estimate of drug-likeness (QED) is 0.792. The van der Waals surface area contributed by atoms with E-state index >= 15 is 0 Å². The Kier molecular flexibility index (Phi) is 4.32. The van der Waals surface area contributed by atoms with Crippen molar-refractivity contribution in [3.63, 3.8) is 0 Å². The first-order valence-electron chi connectivity index (χ1n) is 6.49. The number of carbonyl (C=O) groups is 1. The molecule has 0 aliphatic carbocycles. The number of halogens is 1. The number of ether oxygens (including phenoxy) is 2. The zero-order valence-corrected chi connectivity index (χ0v) is 12.6. The molecule has 0 bridgehead atoms. The summed E-state index contributed by atoms with van der Waals surface area (Å²) in [4.78, 5) is 22.2. The summed E-state index contributed by atoms with van der Waals surface area (Å²) in [5.74, 6) is 0.409. The van der Waals surface area contributed by atoms with Crippen molar-refractivity contribution >= 4 is 23.4 Å². The number of methoxy groups -OCH3 is 1. The topological polar surface area (TPSA) is 64.5 Å². The summed E-state index contributed by atoms with van der Waals surface area (Å²) in [5, 5.41) is 0.443. The Hall–Kier alpha value is -1.56. The fraction of sp³-hybridized carbons (Fsp3) is 0.615. The first-order valence-corrected chi connectivity index (χ1v) is 6.86. The molecule has 1 saturated heterocycles. The maximum atomic E-state index is 12.0. The van der Waals surface area contributed by atoms with Gasteiger partial charge in [0.1, 0.15) is 5.02 Å². The average molecular weight is 300 g/mol. The summed E-state index contributed by atoms with van der Waals surface area (Å²) in [7, 11) is 1.50. The van der Waals surface area contributed by atoms with Crippen LogP contribution in [0.5, 0.6) is 6.01 Å². The Balaban J connectivity index is 2.19. The van der Waals surface area contributed by atoms with Crippen LogP contribution in [0.4, 0.5) is 5.82 Å². The molecule has 0 N–H and O–H groups in total. The number of esters is 1. The van der Waals surface area contributed by atoms with Gasteiger partial charge in [-0.25, -0.2) is 4.98 Å². The minimum Gasteiger partial charge on any atom is -0.467 e. The highest BCUT2D eigenvalue weighted by Gasteiger charge is 2.42. The summed E-state index contributed by atoms with van der Waals surface area (Å²) >= 11 is 6.13. The van der Waals surface area contributed by atoms with Gasteiger partial charge in [-0.15, -0.1) is 0 Å². The Labute approximate surface area is 123 Å². The lowest BCUT2D eigenvalue weighted by atomic mass is 9.90. The van der Waals surface area contributed by atoms with Gasteiger partial charge in [0.15, 0.2) is 5.82 Å². The lowest BCUT2D eigenvalue weighted by Gasteiger charge is -2.23. The highest BCUT2D eigenvalue weighted by Crippen LogP contribution is 2.36. The van der Waals surface area contributed by atoms with Crippen LogP contribution in [0, 0.1) is 5.41 Å². The molecule has 20 heavy (non-hydrogen) atoms. The molecule has 7 heteroatoms. The molecule has 2 heterocycles. The van der Waals surface area contributed by atoms with Gasteiger partial charge in [0.05, 0.1) is 25.3 Å². The lowest BCUT2D eigenvalue weighted by Crippen LogP contribution is -2.34. The van der Waals surface area contributed by atoms with Crippen LogP contribution in [0.3, 0.4) is 0 Å². The SMILES string of the molecule is CCOC(=O)C1(C)CCN(c2nc(OC)ncc2Cl)C1. The van der Waals surface area contributed by atoms with Crippen molar-refractivity contribution in [2.45, 2.75) is 20.3 Å². The van der Waals surface area contributed by atoms with E-state index in [1.54, 1.807) is 6.92 Å². The number of nitrogens with zero attached hydrogens (tertiary/aromatic N) is 3. The summed E-state index contributed by atoms with van der Waals surface area (Å²) in [5.41, 5.74) is -0.530. The highest BCUT2D eigenvalue weighted by atomic mass is 35.5. The van der Waals surface area contributed by atoms with Crippen molar-refractivity contribution in [3.05, 3.63) is 11.2 Å². The third-order valence-corrected chi connectivity index (χ3v) is 3.69. The van der Waals surface area contributed by atoms with Crippen LogP contribution in [0.1, 0.15) is 20.3 Å². The van der Waals surface area contributed by atoms with Crippen molar-refractivity contribution in [2.75, 3.05) is 31.7 Å². The van der Waals surface area contributed by atoms with Crippen molar-refractivity contribution in [2.24, 2.45) is 5.41 Å². The van der Waals surface area contributed by atoms with E-state index in [1.807, 2.05) is 11.8 Å². The van der Waals surface area contributed by atoms with Crippen molar-refractivity contribution in [1.82, 2.24) is 9.97 Å². The monoisotopic (exact) mass is 299 g/mol. The largest absolute Gasteiger partial charge is 0.467 e. The van der Waals surface area contributed by atoms with E-state index in [-0.39, 0.29) is 12.0 Å². The second kappa shape index (κ2) is 5.83. The molecule has 110 valence electrons. The van der Waals surface area contributed by atoms with Crippen LogP contribution < -0.4 is 9.64 Å². The molecule has 0 saturated carbocycles. The molecule has 0 aromatic carbocycles. The molecule has 2 rings (SSSR count). The molecule has 0 radical (unpaired) electrons. The van der Waals surface area contributed by atoms with E-state index in [4.69, 9.17) is 21.1 Å². The summed E-state index contributed by atoms with van der Waals surface area (Å²) in [6, 6.07) is 0.258. The van der Waals surface area contributed by atoms with E-state index in [2.05, 4.69) is 9.97 Å². The van der Waals surface area contributed by atoms with Gasteiger partial charge < -0.3 is 14.4 Å². The van der Waals surface area contributed by atoms with Crippen molar-refractivity contribution < 1.29 is 14.3 Å². The number of aromatic nitrogens is 2. The van der Waals surface area contributed by atoms with Gasteiger partial charge in [-0.3, -0.25) is 4.79 Å². The molecule has 1 unspecified atom stereocenters. The van der Waals surface area contributed by atoms with E-state index in [1.165, 1.54) is 13.3 Å². The minimum atomic E-state index is -0.530. The molecule has 1 fully saturated rings. The third kappa shape index (κ3) is 2.80. The fourth-order valence-electron chi connectivity index (χ4n) is 2.28. The van der Waals surface area contributed by atoms with Gasteiger partial charge in [-0.05, 0) is 20.3 Å². The predicted molar refractivity (Wildman–Crippen MR) is 75.2 cm³/mol. The molecule has 1 aliphatic rings. The smallest absolute Gasteiger partial charge is 0.318 e. The average Bonchev–Trinajstić information content (AvgIpc) is 2.83. The first kappa shape index (κ1) is 14.8. The fourth-order valence-corrected chi connectivity index (χ4v) is 2.49. The molecular weight excluding hydrogens is 282 g/mol. The third-order valence-electron chi connectivity index (χ3n) is 3.43. The second-order valence-electron chi connectivity index (χ2n) is 4.98. The summed E-state index contributed by atoms with van der Waals surface area (Å²) < 4.78 is 10.1. The molecule has 0 spiro atoms. The van der Waals surface area contributed by atoms with Crippen LogP contribution in [-0.2, 0) is 9.53 Å². The molecule has 1 atom stereocenters. The van der Waals surface area contributed by atoms with Gasteiger partial charge in [0.25, 0.3) is 0 Å². The van der Waals surface area contributed by atoms with Crippen LogP contribution in [0.25, 0.3) is 0 Å². The predicted octanol–water partition coefficient (Wildman–Crippen LogP) is 1.92. The van der Waals surface area contributed by atoms with Crippen LogP contribution in [0.15, 0.2) is 6.20 Å². The Morgan fingerprint density at radius 2 is 2.35 bits per heavy atom. The number of rotatable bonds is 4. The van der Waals surface area contributed by atoms with Gasteiger partial charge in [-0.1, -0.05) is 11.6 Å². The van der Waals surface area contributed by atoms with E-state index < -0.39 is 5.41 Å². The highest BCUT2D eigenvalue weighted by molar-refractivity contribution is 6.32. The maximum absolute atomic E-state index is 12.0. The minimum absolute atomic E-state index is 0.181. The van der Waals surface area contributed by atoms with E-state index in [9.17, 15) is 4.79 Å². The number of anilines is 1. The normalized spacial score (nSPS) is 21.9. The molecule has 6 nitrogen and oxygen atoms in total. The summed E-state index contributed by atoms with van der Waals surface area (Å²) in [6.07, 6.45) is 2.21. The molecule has 1 aliphatic heterocycles. The van der Waals surface area contributed by atoms with Gasteiger partial charge in [0.2, 0.25) is 0 Å². The number of hydrogen-bond acceptors (Lipinski definition) is 6. The zero-order chi connectivity index (χ0) is 14.8. The van der Waals surface area contributed by atoms with E-state index in [0.717, 1.165) is 0 Å². The second-order valence-corrected chi connectivity index (χ2v) is 5.39. The van der Waals surface area contributed by atoms with Gasteiger partial charge >= 0.3 is 12.0 Å². The molecular formula is C13H18ClN3O3. The van der Waals surface area contributed by atoms with Crippen LogP contribution >= 0.6 is 11.6 Å². The van der Waals surface area contributed by atoms with Gasteiger partial charge in [0, 0.05) is 13.1 Å². The van der Waals surface area contributed by atoms with Crippen molar-refractivity contribution in [1.29, 1.82) is 0 Å². The number of carbonyl (C=O) groups excluding carboxylic acids is 1. The standard InChI is InChI=1S/C13H18ClN3O3/c1-4-20-11(18)13(2)5-6-17(8-13)10-9(14)7-15-12(16-10)19-3/h7H,4-6,8H2,1-3H3. The van der Waals surface area contributed by atoms with E-state index in [0.29, 0.717) is 37.0 Å². The Morgan fingerprint density at radius 3 is 3.00 bits per heavy atom. The van der Waals surface area contributed by atoms with Crippen LogP contribution in [-0.4, -0.2) is 42.7 Å². The Morgan fingerprint density at radius 1 is 1.60 bits per heavy atom.